The van der Waals surface area contributed by atoms with E-state index in [1.165, 1.54) is 0 Å². The van der Waals surface area contributed by atoms with Crippen molar-refractivity contribution in [1.29, 1.82) is 0 Å². The molecule has 0 aliphatic rings. The molecule has 0 unspecified atom stereocenters. The zero-order valence-electron chi connectivity index (χ0n) is 11.1. The molecule has 3 rings (SSSR count). The number of aromatic nitrogens is 5. The van der Waals surface area contributed by atoms with Crippen LogP contribution in [0.25, 0.3) is 5.65 Å². The Bertz CT molecular complexity index is 721. The van der Waals surface area contributed by atoms with Crippen LogP contribution in [0, 0.1) is 0 Å². The molecule has 0 spiro atoms. The van der Waals surface area contributed by atoms with E-state index in [4.69, 9.17) is 5.73 Å². The first-order valence-electron chi connectivity index (χ1n) is 6.39. The number of rotatable bonds is 4. The van der Waals surface area contributed by atoms with E-state index in [0.29, 0.717) is 5.65 Å². The largest absolute Gasteiger partial charge is 0.399 e. The van der Waals surface area contributed by atoms with E-state index in [2.05, 4.69) is 32.3 Å². The quantitative estimate of drug-likeness (QED) is 0.715. The normalized spacial score (nSPS) is 10.8. The van der Waals surface area contributed by atoms with Gasteiger partial charge in [0.25, 0.3) is 0 Å². The number of hydrogen-bond acceptors (Lipinski definition) is 6. The minimum absolute atomic E-state index is 0.633. The summed E-state index contributed by atoms with van der Waals surface area (Å²) in [4.78, 5) is 6.33. The minimum atomic E-state index is 0.633. The van der Waals surface area contributed by atoms with Gasteiger partial charge < -0.3 is 10.6 Å². The highest BCUT2D eigenvalue weighted by Crippen LogP contribution is 2.17. The van der Waals surface area contributed by atoms with Crippen LogP contribution in [-0.2, 0) is 6.54 Å². The summed E-state index contributed by atoms with van der Waals surface area (Å²) in [5.41, 5.74) is 8.35. The lowest BCUT2D eigenvalue weighted by Gasteiger charge is -2.22. The number of nitrogen functional groups attached to an aromatic ring is 1. The second-order valence-electron chi connectivity index (χ2n) is 4.47. The van der Waals surface area contributed by atoms with Gasteiger partial charge in [-0.25, -0.2) is 0 Å². The number of anilines is 2. The molecule has 0 fully saturated rings. The third kappa shape index (κ3) is 2.25. The maximum absolute atomic E-state index is 5.82. The molecular weight excluding hydrogens is 254 g/mol. The molecule has 0 aliphatic carbocycles. The highest BCUT2D eigenvalue weighted by molar-refractivity contribution is 5.47. The van der Waals surface area contributed by atoms with Gasteiger partial charge in [0.05, 0.1) is 12.4 Å². The first kappa shape index (κ1) is 12.3. The second-order valence-corrected chi connectivity index (χ2v) is 4.47. The van der Waals surface area contributed by atoms with Gasteiger partial charge in [-0.15, -0.1) is 5.10 Å². The first-order chi connectivity index (χ1) is 9.78. The van der Waals surface area contributed by atoms with Crippen LogP contribution in [0.15, 0.2) is 36.7 Å². The molecule has 2 heterocycles. The van der Waals surface area contributed by atoms with Gasteiger partial charge in [-0.1, -0.05) is 12.1 Å². The predicted molar refractivity (Wildman–Crippen MR) is 76.2 cm³/mol. The predicted octanol–water partition coefficient (Wildman–Crippen LogP) is 1.13. The molecule has 102 valence electrons. The summed E-state index contributed by atoms with van der Waals surface area (Å²) < 4.78 is 1.68. The number of nitrogens with zero attached hydrogens (tertiary/aromatic N) is 6. The van der Waals surface area contributed by atoms with Gasteiger partial charge in [-0.3, -0.25) is 4.98 Å². The second kappa shape index (κ2) is 5.12. The van der Waals surface area contributed by atoms with E-state index >= 15 is 0 Å². The summed E-state index contributed by atoms with van der Waals surface area (Å²) in [6, 6.07) is 7.85. The lowest BCUT2D eigenvalue weighted by molar-refractivity contribution is 0.750. The van der Waals surface area contributed by atoms with Gasteiger partial charge in [-0.2, -0.15) is 4.52 Å². The summed E-state index contributed by atoms with van der Waals surface area (Å²) in [6.45, 7) is 3.62. The van der Waals surface area contributed by atoms with Crippen molar-refractivity contribution in [3.8, 4) is 0 Å². The maximum Gasteiger partial charge on any atom is 0.199 e. The average molecular weight is 269 g/mol. The Morgan fingerprint density at radius 2 is 2.20 bits per heavy atom. The van der Waals surface area contributed by atoms with Crippen LogP contribution < -0.4 is 10.6 Å². The number of hydrogen-bond donors (Lipinski definition) is 1. The van der Waals surface area contributed by atoms with Gasteiger partial charge >= 0.3 is 0 Å². The van der Waals surface area contributed by atoms with Crippen molar-refractivity contribution >= 4 is 17.2 Å². The highest BCUT2D eigenvalue weighted by atomic mass is 15.5. The Morgan fingerprint density at radius 1 is 1.30 bits per heavy atom. The maximum atomic E-state index is 5.82. The molecule has 0 radical (unpaired) electrons. The molecule has 2 aromatic heterocycles. The average Bonchev–Trinajstić information content (AvgIpc) is 2.93. The van der Waals surface area contributed by atoms with Gasteiger partial charge in [0.1, 0.15) is 0 Å². The van der Waals surface area contributed by atoms with Crippen LogP contribution in [0.4, 0.5) is 11.5 Å². The molecule has 0 aliphatic heterocycles. The van der Waals surface area contributed by atoms with E-state index < -0.39 is 0 Å². The van der Waals surface area contributed by atoms with Crippen molar-refractivity contribution in [2.24, 2.45) is 0 Å². The third-order valence-corrected chi connectivity index (χ3v) is 3.12. The highest BCUT2D eigenvalue weighted by Gasteiger charge is 2.11. The van der Waals surface area contributed by atoms with Crippen LogP contribution in [-0.4, -0.2) is 31.6 Å². The van der Waals surface area contributed by atoms with Gasteiger partial charge in [0.2, 0.25) is 0 Å². The summed E-state index contributed by atoms with van der Waals surface area (Å²) in [7, 11) is 0. The molecule has 20 heavy (non-hydrogen) atoms. The summed E-state index contributed by atoms with van der Waals surface area (Å²) in [5, 5.41) is 11.6. The molecule has 1 aromatic carbocycles. The zero-order valence-corrected chi connectivity index (χ0v) is 11.1. The first-order valence-corrected chi connectivity index (χ1v) is 6.39. The third-order valence-electron chi connectivity index (χ3n) is 3.12. The van der Waals surface area contributed by atoms with Crippen molar-refractivity contribution < 1.29 is 0 Å². The molecule has 0 bridgehead atoms. The summed E-state index contributed by atoms with van der Waals surface area (Å²) in [6.07, 6.45) is 3.40. The van der Waals surface area contributed by atoms with Gasteiger partial charge in [0.15, 0.2) is 11.5 Å². The molecule has 0 saturated heterocycles. The molecule has 7 heteroatoms. The summed E-state index contributed by atoms with van der Waals surface area (Å²) >= 11 is 0. The standard InChI is InChI=1S/C13H15N7/c1-2-19(9-10-4-3-5-11(14)6-10)13-8-15-7-12-16-17-18-20(12)13/h3-8H,2,9,14H2,1H3. The summed E-state index contributed by atoms with van der Waals surface area (Å²) in [5.74, 6) is 0.859. The van der Waals surface area contributed by atoms with Crippen LogP contribution in [0.1, 0.15) is 12.5 Å². The molecule has 0 amide bonds. The fourth-order valence-corrected chi connectivity index (χ4v) is 2.15. The van der Waals surface area contributed by atoms with Crippen molar-refractivity contribution in [2.75, 3.05) is 17.2 Å². The van der Waals surface area contributed by atoms with Crippen LogP contribution in [0.5, 0.6) is 0 Å². The molecule has 7 nitrogen and oxygen atoms in total. The SMILES string of the molecule is CCN(Cc1cccc(N)c1)c1cncc2nnnn12. The Balaban J connectivity index is 1.95. The number of nitrogens with two attached hydrogens (primary N) is 1. The van der Waals surface area contributed by atoms with Crippen LogP contribution in [0.3, 0.4) is 0 Å². The fraction of sp³-hybridized carbons (Fsp3) is 0.231. The Morgan fingerprint density at radius 3 is 3.00 bits per heavy atom. The van der Waals surface area contributed by atoms with Crippen molar-refractivity contribution in [3.05, 3.63) is 42.2 Å². The van der Waals surface area contributed by atoms with E-state index in [0.717, 1.165) is 30.2 Å². The van der Waals surface area contributed by atoms with Gasteiger partial charge in [-0.05, 0) is 35.0 Å². The van der Waals surface area contributed by atoms with Gasteiger partial charge in [0, 0.05) is 18.8 Å². The van der Waals surface area contributed by atoms with E-state index in [1.807, 2.05) is 24.3 Å². The van der Waals surface area contributed by atoms with E-state index in [-0.39, 0.29) is 0 Å². The van der Waals surface area contributed by atoms with Crippen molar-refractivity contribution in [2.45, 2.75) is 13.5 Å². The smallest absolute Gasteiger partial charge is 0.199 e. The fourth-order valence-electron chi connectivity index (χ4n) is 2.15. The van der Waals surface area contributed by atoms with E-state index in [9.17, 15) is 0 Å². The number of fused-ring (bicyclic) bond motifs is 1. The molecular formula is C13H15N7. The van der Waals surface area contributed by atoms with Crippen LogP contribution >= 0.6 is 0 Å². The van der Waals surface area contributed by atoms with Crippen molar-refractivity contribution in [1.82, 2.24) is 25.0 Å². The zero-order chi connectivity index (χ0) is 13.9. The topological polar surface area (TPSA) is 85.2 Å². The van der Waals surface area contributed by atoms with E-state index in [1.54, 1.807) is 16.9 Å². The molecule has 0 atom stereocenters. The number of benzene rings is 1. The Hall–Kier alpha value is -2.70. The lowest BCUT2D eigenvalue weighted by Crippen LogP contribution is -2.24. The Labute approximate surface area is 116 Å². The molecule has 3 aromatic rings. The number of tetrazole rings is 1. The Kier molecular flexibility index (Phi) is 3.16. The van der Waals surface area contributed by atoms with Crippen LogP contribution in [0.2, 0.25) is 0 Å². The lowest BCUT2D eigenvalue weighted by atomic mass is 10.2. The molecule has 2 N–H and O–H groups in total. The monoisotopic (exact) mass is 269 g/mol. The minimum Gasteiger partial charge on any atom is -0.399 e. The molecule has 0 saturated carbocycles. The van der Waals surface area contributed by atoms with Crippen molar-refractivity contribution in [3.63, 3.8) is 0 Å².